The Kier molecular flexibility index (Phi) is 3.49. The molecule has 1 rings (SSSR count). The molecule has 0 fully saturated rings. The van der Waals surface area contributed by atoms with Crippen LogP contribution in [0.1, 0.15) is 28.2 Å². The maximum Gasteiger partial charge on any atom is 0.280 e. The average molecular weight is 221 g/mol. The van der Waals surface area contributed by atoms with E-state index in [1.807, 2.05) is 0 Å². The highest BCUT2D eigenvalue weighted by molar-refractivity contribution is 6.31. The molecular weight excluding hydrogens is 214 g/mol. The summed E-state index contributed by atoms with van der Waals surface area (Å²) in [6.07, 6.45) is -2.39. The summed E-state index contributed by atoms with van der Waals surface area (Å²) in [7, 11) is 0. The van der Waals surface area contributed by atoms with Gasteiger partial charge in [-0.2, -0.15) is 0 Å². The smallest absolute Gasteiger partial charge is 0.280 e. The Hall–Kier alpha value is -1.07. The van der Waals surface area contributed by atoms with E-state index in [-0.39, 0.29) is 22.8 Å². The highest BCUT2D eigenvalue weighted by Crippen LogP contribution is 2.24. The number of hydrogen-bond acceptors (Lipinski definition) is 3. The lowest BCUT2D eigenvalue weighted by atomic mass is 10.2. The summed E-state index contributed by atoms with van der Waals surface area (Å²) < 4.78 is 24.5. The van der Waals surface area contributed by atoms with E-state index in [1.165, 1.54) is 0 Å². The van der Waals surface area contributed by atoms with Crippen molar-refractivity contribution in [2.75, 3.05) is 0 Å². The maximum atomic E-state index is 12.2. The van der Waals surface area contributed by atoms with Crippen molar-refractivity contribution in [2.24, 2.45) is 5.73 Å². The predicted molar refractivity (Wildman–Crippen MR) is 47.5 cm³/mol. The molecule has 0 aliphatic rings. The van der Waals surface area contributed by atoms with Crippen molar-refractivity contribution < 1.29 is 13.6 Å². The first kappa shape index (κ1) is 11.0. The summed E-state index contributed by atoms with van der Waals surface area (Å²) in [5, 5.41) is 0.0416. The maximum absolute atomic E-state index is 12.2. The van der Waals surface area contributed by atoms with Crippen molar-refractivity contribution in [3.05, 3.63) is 28.0 Å². The van der Waals surface area contributed by atoms with Gasteiger partial charge < -0.3 is 5.73 Å². The largest absolute Gasteiger partial charge is 0.326 e. The van der Waals surface area contributed by atoms with Gasteiger partial charge in [0.1, 0.15) is 11.4 Å². The fraction of sp³-hybridized carbons (Fsp3) is 0.250. The number of alkyl halides is 2. The molecule has 1 aromatic heterocycles. The molecule has 0 saturated carbocycles. The van der Waals surface area contributed by atoms with Crippen LogP contribution in [0.15, 0.2) is 6.07 Å². The second kappa shape index (κ2) is 4.43. The van der Waals surface area contributed by atoms with E-state index in [0.717, 1.165) is 6.07 Å². The van der Waals surface area contributed by atoms with Gasteiger partial charge in [0.25, 0.3) is 6.43 Å². The van der Waals surface area contributed by atoms with Gasteiger partial charge in [-0.3, -0.25) is 4.79 Å². The third-order valence-corrected chi connectivity index (χ3v) is 2.00. The number of halogens is 3. The molecule has 0 radical (unpaired) electrons. The Morgan fingerprint density at radius 2 is 2.29 bits per heavy atom. The van der Waals surface area contributed by atoms with E-state index in [4.69, 9.17) is 17.3 Å². The minimum atomic E-state index is -2.75. The van der Waals surface area contributed by atoms with Crippen LogP contribution in [0.2, 0.25) is 5.02 Å². The molecule has 0 saturated heterocycles. The Bertz CT molecular complexity index is 357. The van der Waals surface area contributed by atoms with E-state index in [1.54, 1.807) is 0 Å². The molecule has 14 heavy (non-hydrogen) atoms. The van der Waals surface area contributed by atoms with E-state index in [0.29, 0.717) is 6.29 Å². The van der Waals surface area contributed by atoms with Gasteiger partial charge in [0, 0.05) is 17.1 Å². The van der Waals surface area contributed by atoms with Gasteiger partial charge in [-0.25, -0.2) is 13.8 Å². The molecule has 0 aliphatic heterocycles. The zero-order valence-electron chi connectivity index (χ0n) is 7.01. The standard InChI is InChI=1S/C8H7ClF2N2O/c9-5-1-6(8(10)11)13-7(3-14)4(5)2-12/h1,3,8H,2,12H2. The van der Waals surface area contributed by atoms with Crippen LogP contribution in [0.3, 0.4) is 0 Å². The van der Waals surface area contributed by atoms with Crippen molar-refractivity contribution in [1.82, 2.24) is 4.98 Å². The molecule has 1 heterocycles. The highest BCUT2D eigenvalue weighted by atomic mass is 35.5. The van der Waals surface area contributed by atoms with Gasteiger partial charge in [-0.1, -0.05) is 11.6 Å². The zero-order valence-corrected chi connectivity index (χ0v) is 7.76. The van der Waals surface area contributed by atoms with Gasteiger partial charge in [0.05, 0.1) is 0 Å². The number of pyridine rings is 1. The molecule has 1 aromatic rings. The summed E-state index contributed by atoms with van der Waals surface area (Å²) in [4.78, 5) is 13.9. The van der Waals surface area contributed by atoms with E-state index >= 15 is 0 Å². The minimum absolute atomic E-state index is 0.0105. The molecule has 0 aromatic carbocycles. The van der Waals surface area contributed by atoms with E-state index < -0.39 is 12.1 Å². The second-order valence-electron chi connectivity index (χ2n) is 2.52. The lowest BCUT2D eigenvalue weighted by Crippen LogP contribution is -2.06. The summed E-state index contributed by atoms with van der Waals surface area (Å²) >= 11 is 5.65. The Morgan fingerprint density at radius 1 is 1.64 bits per heavy atom. The first-order chi connectivity index (χ1) is 6.60. The highest BCUT2D eigenvalue weighted by Gasteiger charge is 2.15. The molecular formula is C8H7ClF2N2O. The van der Waals surface area contributed by atoms with Crippen LogP contribution in [0.5, 0.6) is 0 Å². The first-order valence-corrected chi connectivity index (χ1v) is 4.10. The SMILES string of the molecule is NCc1c(Cl)cc(C(F)F)nc1C=O. The van der Waals surface area contributed by atoms with Gasteiger partial charge in [0.2, 0.25) is 0 Å². The Balaban J connectivity index is 3.31. The molecule has 3 nitrogen and oxygen atoms in total. The third kappa shape index (κ3) is 2.05. The molecule has 2 N–H and O–H groups in total. The fourth-order valence-corrected chi connectivity index (χ4v) is 1.28. The first-order valence-electron chi connectivity index (χ1n) is 3.72. The fourth-order valence-electron chi connectivity index (χ4n) is 0.989. The number of aldehydes is 1. The molecule has 0 unspecified atom stereocenters. The normalized spacial score (nSPS) is 10.6. The quantitative estimate of drug-likeness (QED) is 0.792. The molecule has 0 bridgehead atoms. The van der Waals surface area contributed by atoms with Gasteiger partial charge in [-0.05, 0) is 6.07 Å². The van der Waals surface area contributed by atoms with Gasteiger partial charge in [-0.15, -0.1) is 0 Å². The number of aromatic nitrogens is 1. The van der Waals surface area contributed by atoms with Crippen molar-refractivity contribution in [3.63, 3.8) is 0 Å². The van der Waals surface area contributed by atoms with Crippen molar-refractivity contribution in [3.8, 4) is 0 Å². The van der Waals surface area contributed by atoms with Crippen LogP contribution < -0.4 is 5.73 Å². The molecule has 0 spiro atoms. The molecule has 6 heteroatoms. The molecule has 76 valence electrons. The van der Waals surface area contributed by atoms with Crippen LogP contribution in [-0.2, 0) is 6.54 Å². The van der Waals surface area contributed by atoms with Crippen LogP contribution >= 0.6 is 11.6 Å². The lowest BCUT2D eigenvalue weighted by molar-refractivity contribution is 0.111. The summed E-state index contributed by atoms with van der Waals surface area (Å²) in [5.41, 5.74) is 4.92. The number of carbonyl (C=O) groups excluding carboxylic acids is 1. The van der Waals surface area contributed by atoms with Gasteiger partial charge in [0.15, 0.2) is 6.29 Å². The van der Waals surface area contributed by atoms with Crippen LogP contribution in [0, 0.1) is 0 Å². The summed E-state index contributed by atoms with van der Waals surface area (Å²) in [5.74, 6) is 0. The third-order valence-electron chi connectivity index (χ3n) is 1.66. The topological polar surface area (TPSA) is 56.0 Å². The molecule has 0 amide bonds. The van der Waals surface area contributed by atoms with Crippen LogP contribution in [0.25, 0.3) is 0 Å². The summed E-state index contributed by atoms with van der Waals surface area (Å²) in [6.45, 7) is -0.0105. The second-order valence-corrected chi connectivity index (χ2v) is 2.92. The summed E-state index contributed by atoms with van der Waals surface area (Å²) in [6, 6.07) is 1.02. The van der Waals surface area contributed by atoms with Crippen LogP contribution in [-0.4, -0.2) is 11.3 Å². The monoisotopic (exact) mass is 220 g/mol. The Morgan fingerprint density at radius 3 is 2.71 bits per heavy atom. The minimum Gasteiger partial charge on any atom is -0.326 e. The average Bonchev–Trinajstić information content (AvgIpc) is 2.16. The Labute approximate surface area is 83.9 Å². The van der Waals surface area contributed by atoms with Crippen LogP contribution in [0.4, 0.5) is 8.78 Å². The van der Waals surface area contributed by atoms with Crippen molar-refractivity contribution >= 4 is 17.9 Å². The van der Waals surface area contributed by atoms with Crippen molar-refractivity contribution in [2.45, 2.75) is 13.0 Å². The zero-order chi connectivity index (χ0) is 10.7. The van der Waals surface area contributed by atoms with Gasteiger partial charge >= 0.3 is 0 Å². The van der Waals surface area contributed by atoms with Crippen molar-refractivity contribution in [1.29, 1.82) is 0 Å². The predicted octanol–water partition coefficient (Wildman–Crippen LogP) is 1.94. The number of carbonyl (C=O) groups is 1. The van der Waals surface area contributed by atoms with E-state index in [9.17, 15) is 13.6 Å². The number of nitrogens with zero attached hydrogens (tertiary/aromatic N) is 1. The molecule has 0 aliphatic carbocycles. The number of rotatable bonds is 3. The lowest BCUT2D eigenvalue weighted by Gasteiger charge is -2.06. The number of nitrogens with two attached hydrogens (primary N) is 1. The van der Waals surface area contributed by atoms with E-state index in [2.05, 4.69) is 4.98 Å². The number of hydrogen-bond donors (Lipinski definition) is 1. The molecule has 0 atom stereocenters.